The largest absolute Gasteiger partial charge is 2.00 e. The Morgan fingerprint density at radius 2 is 0.376 bits per heavy atom. The number of nitrogens with one attached hydrogen (secondary N) is 2. The molecule has 0 unspecified atom stereocenters. The van der Waals surface area contributed by atoms with Crippen LogP contribution in [-0.4, -0.2) is 192 Å². The normalized spacial score (nSPS) is 12.0. The molecule has 738 valence electrons. The van der Waals surface area contributed by atoms with Crippen LogP contribution in [-0.2, 0) is 0 Å². The molecule has 0 atom stereocenters. The van der Waals surface area contributed by atoms with Crippen molar-refractivity contribution >= 4 is 137 Å². The fourth-order valence-corrected chi connectivity index (χ4v) is 20.4. The van der Waals surface area contributed by atoms with Crippen molar-refractivity contribution in [3.63, 3.8) is 0 Å². The molecule has 0 spiro atoms. The number of H-pyrrole nitrogens is 2. The van der Waals surface area contributed by atoms with Gasteiger partial charge >= 0.3 is 23.1 Å². The van der Waals surface area contributed by atoms with E-state index in [0.29, 0.717) is 26.4 Å². The summed E-state index contributed by atoms with van der Waals surface area (Å²) in [6.07, 6.45) is 58.9. The summed E-state index contributed by atoms with van der Waals surface area (Å²) in [6.45, 7) is 52.1. The van der Waals surface area contributed by atoms with Gasteiger partial charge in [0, 0.05) is 44.3 Å². The van der Waals surface area contributed by atoms with Gasteiger partial charge in [0.05, 0.1) is 154 Å². The topological polar surface area (TPSA) is 94.3 Å². The third-order valence-corrected chi connectivity index (χ3v) is 28.3. The second-order valence-electron chi connectivity index (χ2n) is 38.9. The van der Waals surface area contributed by atoms with E-state index in [-0.39, 0.29) is 91.0 Å². The molecule has 0 amide bonds. The van der Waals surface area contributed by atoms with Gasteiger partial charge < -0.3 is 46.8 Å². The second kappa shape index (κ2) is 69.1. The molecule has 0 saturated carbocycles. The Kier molecular flexibility index (Phi) is 62.6. The molecule has 0 radical (unpaired) electrons. The first-order valence-electron chi connectivity index (χ1n) is 53.3. The number of hydrogen-bond acceptors (Lipinski definition) is 6. The van der Waals surface area contributed by atoms with Crippen LogP contribution in [0, 0.1) is 0 Å². The number of benzene rings is 4. The molecule has 2 aliphatic heterocycles. The minimum absolute atomic E-state index is 0. The van der Waals surface area contributed by atoms with Crippen LogP contribution in [0.15, 0.2) is 121 Å². The van der Waals surface area contributed by atoms with E-state index in [1.807, 2.05) is 0 Å². The Morgan fingerprint density at radius 3 is 0.549 bits per heavy atom. The Balaban J connectivity index is 0.00000740. The van der Waals surface area contributed by atoms with Crippen molar-refractivity contribution in [3.8, 4) is 67.5 Å². The summed E-state index contributed by atoms with van der Waals surface area (Å²) in [4.78, 5) is 19.9. The number of aromatic amines is 2. The summed E-state index contributed by atoms with van der Waals surface area (Å²) < 4.78 is 32.5. The molecule has 0 saturated heterocycles. The Hall–Kier alpha value is -4.79. The van der Waals surface area contributed by atoms with Gasteiger partial charge in [-0.1, -0.05) is 209 Å². The monoisotopic (exact) mass is 2100 g/mol. The molecular formula is C116H186Br4MgN8O4+6. The molecular weight excluding hydrogens is 1910 g/mol. The first-order chi connectivity index (χ1) is 62.8. The molecule has 3 aromatic heterocycles. The van der Waals surface area contributed by atoms with E-state index in [2.05, 4.69) is 239 Å². The summed E-state index contributed by atoms with van der Waals surface area (Å²) >= 11 is 0. The standard InChI is InChI=1S/C116H182N8O4.4BrH.Mg/c1-13-25-73-121(74-26-14-2,75-27-15-3)85-45-37-41-49-89-125-101-61-53-57-97(93-101)113-105-65-67-107(117-105)114(98-58-54-62-102(94-98)126-90-50-42-38-46-86-122(76-28-16-4,77-29-17-5)78-30-18-6)109-69-71-111(119-109)116(100-60-56-64-104(96-100)128-92-52-44-40-48-88-124(82-34-22-10,83-35-23-11)84-36-24-12)112-72-70-110(120-112)115(108-68-66-106(113)118-108)99-59-55-63-103(95-99)127-91-51-43-39-47-87-123(79-31-19-7,80-32-20-8)81-33-21-9;;;;;/h53-72,93-96,117,120H,13-52,73-92H2,1-12H3;4*1H;/q+4;;;;;+2. The minimum atomic E-state index is 0. The number of rotatable bonds is 72. The van der Waals surface area contributed by atoms with Crippen LogP contribution in [0.5, 0.6) is 23.0 Å². The fourth-order valence-electron chi connectivity index (χ4n) is 20.4. The quantitative estimate of drug-likeness (QED) is 0.0224. The molecule has 4 aromatic carbocycles. The molecule has 0 fully saturated rings. The number of hydrogen-bond donors (Lipinski definition) is 2. The third-order valence-electron chi connectivity index (χ3n) is 28.3. The summed E-state index contributed by atoms with van der Waals surface area (Å²) in [6, 6.07) is 44.1. The van der Waals surface area contributed by atoms with E-state index in [1.54, 1.807) is 0 Å². The summed E-state index contributed by atoms with van der Waals surface area (Å²) in [5.74, 6) is 3.47. The third kappa shape index (κ3) is 40.0. The Labute approximate surface area is 869 Å². The van der Waals surface area contributed by atoms with E-state index in [9.17, 15) is 0 Å². The average molecular weight is 2100 g/mol. The molecule has 5 heterocycles. The van der Waals surface area contributed by atoms with Crippen LogP contribution in [0.2, 0.25) is 0 Å². The van der Waals surface area contributed by atoms with Crippen LogP contribution in [0.25, 0.3) is 90.9 Å². The van der Waals surface area contributed by atoms with Crippen LogP contribution >= 0.6 is 67.9 Å². The molecule has 9 rings (SSSR count). The van der Waals surface area contributed by atoms with E-state index in [4.69, 9.17) is 28.9 Å². The van der Waals surface area contributed by atoms with E-state index in [1.165, 1.54) is 328 Å². The second-order valence-corrected chi connectivity index (χ2v) is 38.9. The Bertz CT molecular complexity index is 3870. The van der Waals surface area contributed by atoms with Crippen LogP contribution < -0.4 is 18.9 Å². The fraction of sp³-hybridized carbons (Fsp3) is 0.621. The summed E-state index contributed by atoms with van der Waals surface area (Å²) in [5, 5.41) is 0. The molecule has 2 N–H and O–H groups in total. The van der Waals surface area contributed by atoms with Gasteiger partial charge in [0.25, 0.3) is 0 Å². The van der Waals surface area contributed by atoms with Gasteiger partial charge in [-0.15, -0.1) is 67.9 Å². The number of unbranched alkanes of at least 4 members (excludes halogenated alkanes) is 24. The van der Waals surface area contributed by atoms with Crippen molar-refractivity contribution in [2.75, 3.05) is 131 Å². The van der Waals surface area contributed by atoms with Crippen molar-refractivity contribution in [3.05, 3.63) is 144 Å². The first-order valence-corrected chi connectivity index (χ1v) is 53.3. The SMILES string of the molecule is Br.Br.Br.Br.CCCC[N+](CCCC)(CCCC)CCCCCCOc1cccc(-c2c3nc(c(-c4cccc(OCCCCCC[N+](CCCC)(CCCC)CCCC)c4)c4ccc([nH]4)c(-c4cccc(OCCCCCC[N+](CCCC)(CCCC)CCCC)c4)c4nc(c(-c5cccc(OCCCCCC[N+](CCCC)(CCCC)CCCC)c5)c5ccc2[nH]5)C=C4)C=C3)c1.[Mg+2]. The number of ether oxygens (including phenoxy) is 4. The van der Waals surface area contributed by atoms with Crippen LogP contribution in [0.4, 0.5) is 0 Å². The van der Waals surface area contributed by atoms with Crippen LogP contribution in [0.3, 0.4) is 0 Å². The Morgan fingerprint density at radius 1 is 0.211 bits per heavy atom. The van der Waals surface area contributed by atoms with E-state index < -0.39 is 0 Å². The summed E-state index contributed by atoms with van der Waals surface area (Å²) in [7, 11) is 0. The maximum absolute atomic E-state index is 6.82. The minimum Gasteiger partial charge on any atom is -0.494 e. The van der Waals surface area contributed by atoms with Crippen molar-refractivity contribution in [2.45, 2.75) is 340 Å². The van der Waals surface area contributed by atoms with Gasteiger partial charge in [-0.05, 0) is 299 Å². The van der Waals surface area contributed by atoms with Crippen molar-refractivity contribution in [2.24, 2.45) is 0 Å². The van der Waals surface area contributed by atoms with Crippen LogP contribution in [0.1, 0.15) is 363 Å². The smallest absolute Gasteiger partial charge is 0.494 e. The number of nitrogens with zero attached hydrogens (tertiary/aromatic N) is 6. The molecule has 2 aliphatic rings. The number of quaternary nitrogens is 4. The van der Waals surface area contributed by atoms with Crippen molar-refractivity contribution in [1.29, 1.82) is 0 Å². The number of halogens is 4. The molecule has 8 bridgehead atoms. The number of aromatic nitrogens is 4. The summed E-state index contributed by atoms with van der Waals surface area (Å²) in [5.41, 5.74) is 15.4. The molecule has 133 heavy (non-hydrogen) atoms. The van der Waals surface area contributed by atoms with Gasteiger partial charge in [-0.25, -0.2) is 9.97 Å². The predicted molar refractivity (Wildman–Crippen MR) is 601 cm³/mol. The molecule has 17 heteroatoms. The zero-order valence-electron chi connectivity index (χ0n) is 85.9. The van der Waals surface area contributed by atoms with E-state index in [0.717, 1.165) is 164 Å². The zero-order valence-corrected chi connectivity index (χ0v) is 94.2. The molecule has 7 aromatic rings. The van der Waals surface area contributed by atoms with Gasteiger partial charge in [0.1, 0.15) is 23.0 Å². The predicted octanol–water partition coefficient (Wildman–Crippen LogP) is 33.9. The van der Waals surface area contributed by atoms with Gasteiger partial charge in [-0.3, -0.25) is 0 Å². The maximum Gasteiger partial charge on any atom is 2.00 e. The van der Waals surface area contributed by atoms with E-state index >= 15 is 0 Å². The molecule has 12 nitrogen and oxygen atoms in total. The van der Waals surface area contributed by atoms with Crippen molar-refractivity contribution < 1.29 is 36.9 Å². The zero-order chi connectivity index (χ0) is 90.6. The maximum atomic E-state index is 6.82. The van der Waals surface area contributed by atoms with Crippen molar-refractivity contribution in [1.82, 2.24) is 19.9 Å². The van der Waals surface area contributed by atoms with Gasteiger partial charge in [-0.2, -0.15) is 0 Å². The first kappa shape index (κ1) is 121. The number of fused-ring (bicyclic) bond motifs is 8. The van der Waals surface area contributed by atoms with Gasteiger partial charge in [0.15, 0.2) is 0 Å². The van der Waals surface area contributed by atoms with Gasteiger partial charge in [0.2, 0.25) is 0 Å². The molecule has 0 aliphatic carbocycles. The average Bonchev–Trinajstić information content (AvgIpc) is 1.61.